The van der Waals surface area contributed by atoms with Crippen LogP contribution in [0.4, 0.5) is 5.69 Å². The molecule has 1 saturated heterocycles. The number of piperidine rings is 1. The zero-order valence-electron chi connectivity index (χ0n) is 11.9. The molecule has 0 aromatic heterocycles. The third kappa shape index (κ3) is 2.77. The Morgan fingerprint density at radius 2 is 2.21 bits per heavy atom. The molecule has 3 atom stereocenters. The summed E-state index contributed by atoms with van der Waals surface area (Å²) in [6, 6.07) is 9.22. The van der Waals surface area contributed by atoms with Crippen molar-refractivity contribution in [3.05, 3.63) is 29.8 Å². The number of nitrogens with one attached hydrogen (secondary N) is 1. The number of benzene rings is 1. The van der Waals surface area contributed by atoms with Gasteiger partial charge in [0, 0.05) is 31.9 Å². The fourth-order valence-corrected chi connectivity index (χ4v) is 3.37. The molecule has 1 aromatic carbocycles. The van der Waals surface area contributed by atoms with E-state index in [4.69, 9.17) is 4.74 Å². The largest absolute Gasteiger partial charge is 0.380 e. The molecule has 0 radical (unpaired) electrons. The SMILES string of the molecule is COC1CN(CC2Cc3ccccc3N2)CCC1C. The molecule has 19 heavy (non-hydrogen) atoms. The molecule has 3 heteroatoms. The van der Waals surface area contributed by atoms with Gasteiger partial charge in [0.15, 0.2) is 0 Å². The van der Waals surface area contributed by atoms with E-state index in [1.807, 2.05) is 7.11 Å². The van der Waals surface area contributed by atoms with Crippen molar-refractivity contribution in [1.82, 2.24) is 4.90 Å². The van der Waals surface area contributed by atoms with Crippen LogP contribution in [0.15, 0.2) is 24.3 Å². The lowest BCUT2D eigenvalue weighted by Crippen LogP contribution is -2.47. The number of nitrogens with zero attached hydrogens (tertiary/aromatic N) is 1. The van der Waals surface area contributed by atoms with Crippen molar-refractivity contribution in [2.75, 3.05) is 32.1 Å². The van der Waals surface area contributed by atoms with Crippen molar-refractivity contribution in [2.45, 2.75) is 31.9 Å². The number of ether oxygens (including phenoxy) is 1. The number of rotatable bonds is 3. The van der Waals surface area contributed by atoms with E-state index >= 15 is 0 Å². The van der Waals surface area contributed by atoms with Gasteiger partial charge in [0.05, 0.1) is 6.10 Å². The summed E-state index contributed by atoms with van der Waals surface area (Å²) < 4.78 is 5.60. The average molecular weight is 260 g/mol. The zero-order chi connectivity index (χ0) is 13.2. The summed E-state index contributed by atoms with van der Waals surface area (Å²) in [5, 5.41) is 3.64. The van der Waals surface area contributed by atoms with E-state index in [-0.39, 0.29) is 0 Å². The summed E-state index contributed by atoms with van der Waals surface area (Å²) in [6.45, 7) is 5.71. The first-order valence-electron chi connectivity index (χ1n) is 7.36. The van der Waals surface area contributed by atoms with Crippen LogP contribution >= 0.6 is 0 Å². The van der Waals surface area contributed by atoms with E-state index in [1.54, 1.807) is 0 Å². The molecule has 104 valence electrons. The predicted molar refractivity (Wildman–Crippen MR) is 78.6 cm³/mol. The number of hydrogen-bond acceptors (Lipinski definition) is 3. The molecule has 1 N–H and O–H groups in total. The molecule has 2 aliphatic heterocycles. The van der Waals surface area contributed by atoms with Gasteiger partial charge in [-0.1, -0.05) is 25.1 Å². The highest BCUT2D eigenvalue weighted by Crippen LogP contribution is 2.27. The van der Waals surface area contributed by atoms with Crippen LogP contribution in [0.5, 0.6) is 0 Å². The van der Waals surface area contributed by atoms with Crippen LogP contribution in [-0.2, 0) is 11.2 Å². The quantitative estimate of drug-likeness (QED) is 0.903. The molecule has 0 bridgehead atoms. The second-order valence-corrected chi connectivity index (χ2v) is 6.00. The van der Waals surface area contributed by atoms with Crippen molar-refractivity contribution in [2.24, 2.45) is 5.92 Å². The van der Waals surface area contributed by atoms with E-state index in [1.165, 1.54) is 24.2 Å². The van der Waals surface area contributed by atoms with Gasteiger partial charge in [0.25, 0.3) is 0 Å². The fraction of sp³-hybridized carbons (Fsp3) is 0.625. The second-order valence-electron chi connectivity index (χ2n) is 6.00. The van der Waals surface area contributed by atoms with Crippen molar-refractivity contribution in [3.8, 4) is 0 Å². The molecular formula is C16H24N2O. The molecule has 0 saturated carbocycles. The number of para-hydroxylation sites is 1. The molecule has 3 unspecified atom stereocenters. The maximum Gasteiger partial charge on any atom is 0.0724 e. The van der Waals surface area contributed by atoms with Gasteiger partial charge in [-0.2, -0.15) is 0 Å². The first kappa shape index (κ1) is 12.9. The lowest BCUT2D eigenvalue weighted by molar-refractivity contribution is -0.00570. The highest BCUT2D eigenvalue weighted by molar-refractivity contribution is 5.56. The molecule has 0 spiro atoms. The number of anilines is 1. The number of fused-ring (bicyclic) bond motifs is 1. The van der Waals surface area contributed by atoms with Gasteiger partial charge in [-0.05, 0) is 36.9 Å². The normalized spacial score (nSPS) is 30.9. The maximum absolute atomic E-state index is 5.60. The Hall–Kier alpha value is -1.06. The Balaban J connectivity index is 1.56. The van der Waals surface area contributed by atoms with Crippen molar-refractivity contribution in [1.29, 1.82) is 0 Å². The first-order chi connectivity index (χ1) is 9.26. The summed E-state index contributed by atoms with van der Waals surface area (Å²) in [4.78, 5) is 2.55. The number of methoxy groups -OCH3 is 1. The van der Waals surface area contributed by atoms with Crippen LogP contribution in [0.3, 0.4) is 0 Å². The van der Waals surface area contributed by atoms with Crippen molar-refractivity contribution < 1.29 is 4.74 Å². The molecule has 0 aliphatic carbocycles. The number of hydrogen-bond donors (Lipinski definition) is 1. The summed E-state index contributed by atoms with van der Waals surface area (Å²) >= 11 is 0. The highest BCUT2D eigenvalue weighted by Gasteiger charge is 2.29. The van der Waals surface area contributed by atoms with Crippen molar-refractivity contribution >= 4 is 5.69 Å². The van der Waals surface area contributed by atoms with Crippen LogP contribution in [-0.4, -0.2) is 43.8 Å². The van der Waals surface area contributed by atoms with Gasteiger partial charge in [0.2, 0.25) is 0 Å². The minimum atomic E-state index is 0.400. The van der Waals surface area contributed by atoms with Gasteiger partial charge in [-0.25, -0.2) is 0 Å². The van der Waals surface area contributed by atoms with E-state index < -0.39 is 0 Å². The first-order valence-corrected chi connectivity index (χ1v) is 7.36. The Bertz CT molecular complexity index is 410. The Labute approximate surface area is 115 Å². The molecule has 1 aromatic rings. The van der Waals surface area contributed by atoms with E-state index in [0.29, 0.717) is 18.1 Å². The van der Waals surface area contributed by atoms with Gasteiger partial charge in [-0.3, -0.25) is 4.90 Å². The molecule has 2 heterocycles. The second kappa shape index (κ2) is 5.51. The Kier molecular flexibility index (Phi) is 3.76. The third-order valence-corrected chi connectivity index (χ3v) is 4.60. The molecule has 0 amide bonds. The lowest BCUT2D eigenvalue weighted by atomic mass is 9.95. The van der Waals surface area contributed by atoms with E-state index in [2.05, 4.69) is 41.4 Å². The zero-order valence-corrected chi connectivity index (χ0v) is 11.9. The van der Waals surface area contributed by atoms with Crippen LogP contribution < -0.4 is 5.32 Å². The summed E-state index contributed by atoms with van der Waals surface area (Å²) in [5.41, 5.74) is 2.78. The van der Waals surface area contributed by atoms with Crippen LogP contribution in [0.2, 0.25) is 0 Å². The molecule has 3 rings (SSSR count). The van der Waals surface area contributed by atoms with Gasteiger partial charge < -0.3 is 10.1 Å². The molecular weight excluding hydrogens is 236 g/mol. The van der Waals surface area contributed by atoms with Crippen LogP contribution in [0, 0.1) is 5.92 Å². The highest BCUT2D eigenvalue weighted by atomic mass is 16.5. The van der Waals surface area contributed by atoms with Gasteiger partial charge in [0.1, 0.15) is 0 Å². The maximum atomic E-state index is 5.60. The number of likely N-dealkylation sites (tertiary alicyclic amines) is 1. The third-order valence-electron chi connectivity index (χ3n) is 4.60. The summed E-state index contributed by atoms with van der Waals surface area (Å²) in [6.07, 6.45) is 2.80. The van der Waals surface area contributed by atoms with Crippen LogP contribution in [0.25, 0.3) is 0 Å². The smallest absolute Gasteiger partial charge is 0.0724 e. The minimum absolute atomic E-state index is 0.400. The van der Waals surface area contributed by atoms with E-state index in [0.717, 1.165) is 19.5 Å². The lowest BCUT2D eigenvalue weighted by Gasteiger charge is -2.37. The van der Waals surface area contributed by atoms with Crippen molar-refractivity contribution in [3.63, 3.8) is 0 Å². The topological polar surface area (TPSA) is 24.5 Å². The van der Waals surface area contributed by atoms with E-state index in [9.17, 15) is 0 Å². The molecule has 3 nitrogen and oxygen atoms in total. The summed E-state index contributed by atoms with van der Waals surface area (Å²) in [5.74, 6) is 0.690. The Morgan fingerprint density at radius 3 is 3.00 bits per heavy atom. The average Bonchev–Trinajstić information content (AvgIpc) is 2.83. The van der Waals surface area contributed by atoms with Gasteiger partial charge >= 0.3 is 0 Å². The predicted octanol–water partition coefficient (Wildman–Crippen LogP) is 2.38. The minimum Gasteiger partial charge on any atom is -0.380 e. The Morgan fingerprint density at radius 1 is 1.37 bits per heavy atom. The summed E-state index contributed by atoms with van der Waals surface area (Å²) in [7, 11) is 1.84. The molecule has 2 aliphatic rings. The van der Waals surface area contributed by atoms with Crippen LogP contribution in [0.1, 0.15) is 18.9 Å². The fourth-order valence-electron chi connectivity index (χ4n) is 3.37. The van der Waals surface area contributed by atoms with Gasteiger partial charge in [-0.15, -0.1) is 0 Å². The monoisotopic (exact) mass is 260 g/mol. The standard InChI is InChI=1S/C16H24N2O/c1-12-7-8-18(11-16(12)19-2)10-14-9-13-5-3-4-6-15(13)17-14/h3-6,12,14,16-17H,7-11H2,1-2H3. The molecule has 1 fully saturated rings.